The Balaban J connectivity index is 1.99. The third-order valence-electron chi connectivity index (χ3n) is 3.35. The highest BCUT2D eigenvalue weighted by Gasteiger charge is 2.22. The summed E-state index contributed by atoms with van der Waals surface area (Å²) < 4.78 is 0. The van der Waals surface area contributed by atoms with Gasteiger partial charge in [-0.25, -0.2) is 0 Å². The molecule has 2 atom stereocenters. The van der Waals surface area contributed by atoms with Crippen LogP contribution in [0.4, 0.5) is 0 Å². The van der Waals surface area contributed by atoms with Crippen molar-refractivity contribution in [3.8, 4) is 0 Å². The van der Waals surface area contributed by atoms with Crippen molar-refractivity contribution in [3.63, 3.8) is 0 Å². The Bertz CT molecular complexity index is 194. The van der Waals surface area contributed by atoms with Crippen molar-refractivity contribution >= 4 is 5.91 Å². The highest BCUT2D eigenvalue weighted by molar-refractivity contribution is 5.75. The molecule has 2 unspecified atom stereocenters. The second kappa shape index (κ2) is 6.83. The molecule has 1 amide bonds. The molecular formula is C12H24N2O. The van der Waals surface area contributed by atoms with Crippen LogP contribution in [0, 0.1) is 11.8 Å². The summed E-state index contributed by atoms with van der Waals surface area (Å²) in [5, 5.41) is 6.19. The quantitative estimate of drug-likeness (QED) is 0.656. The van der Waals surface area contributed by atoms with Crippen molar-refractivity contribution in [2.45, 2.75) is 39.5 Å². The molecule has 0 aromatic heterocycles. The van der Waals surface area contributed by atoms with Crippen LogP contribution in [0.2, 0.25) is 0 Å². The fraction of sp³-hybridized carbons (Fsp3) is 0.917. The Kier molecular flexibility index (Phi) is 5.69. The first kappa shape index (κ1) is 12.5. The van der Waals surface area contributed by atoms with Crippen LogP contribution in [-0.2, 0) is 4.79 Å². The first-order valence-corrected chi connectivity index (χ1v) is 6.21. The van der Waals surface area contributed by atoms with Gasteiger partial charge in [0.2, 0.25) is 5.91 Å². The Morgan fingerprint density at radius 1 is 1.40 bits per heavy atom. The second-order valence-electron chi connectivity index (χ2n) is 4.58. The molecular weight excluding hydrogens is 188 g/mol. The lowest BCUT2D eigenvalue weighted by Gasteiger charge is -2.15. The summed E-state index contributed by atoms with van der Waals surface area (Å²) in [7, 11) is 0. The lowest BCUT2D eigenvalue weighted by Crippen LogP contribution is -2.30. The van der Waals surface area contributed by atoms with E-state index in [1.165, 1.54) is 19.3 Å². The number of rotatable bonds is 6. The van der Waals surface area contributed by atoms with Gasteiger partial charge in [0.05, 0.1) is 0 Å². The van der Waals surface area contributed by atoms with Gasteiger partial charge in [0.1, 0.15) is 0 Å². The molecule has 0 saturated heterocycles. The van der Waals surface area contributed by atoms with Crippen molar-refractivity contribution in [1.29, 1.82) is 0 Å². The van der Waals surface area contributed by atoms with E-state index in [4.69, 9.17) is 0 Å². The van der Waals surface area contributed by atoms with Gasteiger partial charge in [-0.05, 0) is 31.7 Å². The van der Waals surface area contributed by atoms with Gasteiger partial charge in [0, 0.05) is 19.5 Å². The normalized spacial score (nSPS) is 25.5. The van der Waals surface area contributed by atoms with E-state index < -0.39 is 0 Å². The second-order valence-corrected chi connectivity index (χ2v) is 4.58. The van der Waals surface area contributed by atoms with Gasteiger partial charge in [-0.3, -0.25) is 4.79 Å². The third-order valence-corrected chi connectivity index (χ3v) is 3.35. The van der Waals surface area contributed by atoms with Crippen LogP contribution in [0.15, 0.2) is 0 Å². The molecule has 88 valence electrons. The van der Waals surface area contributed by atoms with Crippen LogP contribution in [-0.4, -0.2) is 25.5 Å². The third kappa shape index (κ3) is 4.65. The van der Waals surface area contributed by atoms with Gasteiger partial charge in [-0.15, -0.1) is 0 Å². The first-order chi connectivity index (χ1) is 7.24. The van der Waals surface area contributed by atoms with E-state index in [0.717, 1.165) is 31.5 Å². The smallest absolute Gasteiger partial charge is 0.221 e. The zero-order valence-corrected chi connectivity index (χ0v) is 10.0. The summed E-state index contributed by atoms with van der Waals surface area (Å²) in [6, 6.07) is 0. The Hall–Kier alpha value is -0.570. The van der Waals surface area contributed by atoms with Gasteiger partial charge in [0.15, 0.2) is 0 Å². The standard InChI is InChI=1S/C12H24N2O/c1-3-14-12(15)7-8-13-9-11-6-4-5-10(11)2/h10-11,13H,3-9H2,1-2H3,(H,14,15). The molecule has 0 heterocycles. The molecule has 0 aromatic rings. The summed E-state index contributed by atoms with van der Waals surface area (Å²) in [6.07, 6.45) is 4.72. The lowest BCUT2D eigenvalue weighted by molar-refractivity contribution is -0.120. The molecule has 2 N–H and O–H groups in total. The molecule has 0 spiro atoms. The van der Waals surface area contributed by atoms with Gasteiger partial charge >= 0.3 is 0 Å². The van der Waals surface area contributed by atoms with Gasteiger partial charge < -0.3 is 10.6 Å². The number of carbonyl (C=O) groups is 1. The van der Waals surface area contributed by atoms with E-state index >= 15 is 0 Å². The highest BCUT2D eigenvalue weighted by atomic mass is 16.1. The van der Waals surface area contributed by atoms with Crippen LogP contribution in [0.3, 0.4) is 0 Å². The topological polar surface area (TPSA) is 41.1 Å². The van der Waals surface area contributed by atoms with E-state index in [1.807, 2.05) is 6.92 Å². The number of amides is 1. The maximum absolute atomic E-state index is 11.2. The molecule has 0 aliphatic heterocycles. The minimum atomic E-state index is 0.157. The number of carbonyl (C=O) groups excluding carboxylic acids is 1. The van der Waals surface area contributed by atoms with Gasteiger partial charge in [-0.2, -0.15) is 0 Å². The Morgan fingerprint density at radius 3 is 2.80 bits per heavy atom. The average Bonchev–Trinajstić information content (AvgIpc) is 2.60. The van der Waals surface area contributed by atoms with Crippen LogP contribution in [0.5, 0.6) is 0 Å². The molecule has 15 heavy (non-hydrogen) atoms. The maximum Gasteiger partial charge on any atom is 0.221 e. The predicted molar refractivity (Wildman–Crippen MR) is 62.7 cm³/mol. The molecule has 1 aliphatic rings. The Morgan fingerprint density at radius 2 is 2.20 bits per heavy atom. The molecule has 0 bridgehead atoms. The fourth-order valence-electron chi connectivity index (χ4n) is 2.30. The summed E-state index contributed by atoms with van der Waals surface area (Å²) in [5.41, 5.74) is 0. The zero-order valence-electron chi connectivity index (χ0n) is 10.0. The van der Waals surface area contributed by atoms with E-state index in [9.17, 15) is 4.79 Å². The molecule has 1 rings (SSSR count). The van der Waals surface area contributed by atoms with E-state index in [2.05, 4.69) is 17.6 Å². The van der Waals surface area contributed by atoms with Crippen molar-refractivity contribution in [2.75, 3.05) is 19.6 Å². The maximum atomic E-state index is 11.2. The lowest BCUT2D eigenvalue weighted by atomic mass is 9.98. The first-order valence-electron chi connectivity index (χ1n) is 6.21. The SMILES string of the molecule is CCNC(=O)CCNCC1CCCC1C. The summed E-state index contributed by atoms with van der Waals surface area (Å²) in [4.78, 5) is 11.2. The largest absolute Gasteiger partial charge is 0.356 e. The molecule has 1 fully saturated rings. The Labute approximate surface area is 93.0 Å². The van der Waals surface area contributed by atoms with Crippen molar-refractivity contribution < 1.29 is 4.79 Å². The van der Waals surface area contributed by atoms with Gasteiger partial charge in [0.25, 0.3) is 0 Å². The zero-order chi connectivity index (χ0) is 11.1. The van der Waals surface area contributed by atoms with Crippen LogP contribution >= 0.6 is 0 Å². The number of nitrogens with one attached hydrogen (secondary N) is 2. The summed E-state index contributed by atoms with van der Waals surface area (Å²) >= 11 is 0. The number of hydrogen-bond acceptors (Lipinski definition) is 2. The van der Waals surface area contributed by atoms with E-state index in [-0.39, 0.29) is 5.91 Å². The van der Waals surface area contributed by atoms with Crippen LogP contribution in [0.25, 0.3) is 0 Å². The number of hydrogen-bond donors (Lipinski definition) is 2. The van der Waals surface area contributed by atoms with Crippen molar-refractivity contribution in [1.82, 2.24) is 10.6 Å². The molecule has 3 heteroatoms. The van der Waals surface area contributed by atoms with Crippen LogP contribution in [0.1, 0.15) is 39.5 Å². The molecule has 0 aromatic carbocycles. The monoisotopic (exact) mass is 212 g/mol. The fourth-order valence-corrected chi connectivity index (χ4v) is 2.30. The van der Waals surface area contributed by atoms with Crippen molar-refractivity contribution in [2.24, 2.45) is 11.8 Å². The minimum Gasteiger partial charge on any atom is -0.356 e. The summed E-state index contributed by atoms with van der Waals surface area (Å²) in [6.45, 7) is 6.92. The molecule has 3 nitrogen and oxygen atoms in total. The van der Waals surface area contributed by atoms with Gasteiger partial charge in [-0.1, -0.05) is 19.8 Å². The minimum absolute atomic E-state index is 0.157. The van der Waals surface area contributed by atoms with E-state index in [0.29, 0.717) is 6.42 Å². The average molecular weight is 212 g/mol. The molecule has 1 aliphatic carbocycles. The molecule has 0 radical (unpaired) electrons. The predicted octanol–water partition coefficient (Wildman–Crippen LogP) is 1.54. The van der Waals surface area contributed by atoms with E-state index in [1.54, 1.807) is 0 Å². The van der Waals surface area contributed by atoms with Crippen LogP contribution < -0.4 is 10.6 Å². The highest BCUT2D eigenvalue weighted by Crippen LogP contribution is 2.30. The van der Waals surface area contributed by atoms with Crippen molar-refractivity contribution in [3.05, 3.63) is 0 Å². The summed E-state index contributed by atoms with van der Waals surface area (Å²) in [5.74, 6) is 1.85. The molecule has 1 saturated carbocycles.